The van der Waals surface area contributed by atoms with Gasteiger partial charge in [0, 0.05) is 31.0 Å². The monoisotopic (exact) mass is 407 g/mol. The Morgan fingerprint density at radius 1 is 1.07 bits per heavy atom. The molecule has 5 rings (SSSR count). The zero-order valence-corrected chi connectivity index (χ0v) is 17.3. The van der Waals surface area contributed by atoms with Crippen LogP contribution >= 0.6 is 0 Å². The maximum Gasteiger partial charge on any atom is 0.162 e. The van der Waals surface area contributed by atoms with Gasteiger partial charge in [-0.25, -0.2) is 0 Å². The van der Waals surface area contributed by atoms with E-state index in [4.69, 9.17) is 18.9 Å². The van der Waals surface area contributed by atoms with Crippen LogP contribution in [-0.2, 0) is 17.7 Å². The Morgan fingerprint density at radius 3 is 2.73 bits per heavy atom. The molecule has 1 fully saturated rings. The first-order valence-corrected chi connectivity index (χ1v) is 10.2. The number of aromatic nitrogens is 2. The number of fused-ring (bicyclic) bond motifs is 2. The average molecular weight is 407 g/mol. The van der Waals surface area contributed by atoms with Gasteiger partial charge in [0.15, 0.2) is 11.5 Å². The van der Waals surface area contributed by atoms with Crippen LogP contribution in [0.4, 0.5) is 5.69 Å². The zero-order valence-electron chi connectivity index (χ0n) is 17.3. The summed E-state index contributed by atoms with van der Waals surface area (Å²) in [6.07, 6.45) is 3.90. The summed E-state index contributed by atoms with van der Waals surface area (Å²) in [5.74, 6) is 2.25. The van der Waals surface area contributed by atoms with E-state index in [9.17, 15) is 0 Å². The number of ether oxygens (including phenoxy) is 4. The van der Waals surface area contributed by atoms with Gasteiger partial charge in [-0.3, -0.25) is 0 Å². The van der Waals surface area contributed by atoms with Gasteiger partial charge in [-0.15, -0.1) is 0 Å². The summed E-state index contributed by atoms with van der Waals surface area (Å²) in [5, 5.41) is 9.53. The molecule has 1 aromatic heterocycles. The van der Waals surface area contributed by atoms with Crippen molar-refractivity contribution in [1.82, 2.24) is 10.2 Å². The first kappa shape index (κ1) is 18.9. The van der Waals surface area contributed by atoms with E-state index >= 15 is 0 Å². The van der Waals surface area contributed by atoms with Crippen molar-refractivity contribution in [3.8, 4) is 17.2 Å². The second-order valence-corrected chi connectivity index (χ2v) is 7.66. The summed E-state index contributed by atoms with van der Waals surface area (Å²) in [6, 6.07) is 10.3. The van der Waals surface area contributed by atoms with E-state index in [1.807, 2.05) is 18.3 Å². The van der Waals surface area contributed by atoms with Crippen LogP contribution < -0.4 is 19.1 Å². The quantitative estimate of drug-likeness (QED) is 0.642. The van der Waals surface area contributed by atoms with E-state index in [1.54, 1.807) is 14.2 Å². The predicted octanol–water partition coefficient (Wildman–Crippen LogP) is 3.38. The lowest BCUT2D eigenvalue weighted by atomic mass is 9.98. The van der Waals surface area contributed by atoms with Crippen molar-refractivity contribution >= 4 is 16.6 Å². The Hall–Kier alpha value is -3.06. The summed E-state index contributed by atoms with van der Waals surface area (Å²) >= 11 is 0. The topological polar surface area (TPSA) is 65.9 Å². The van der Waals surface area contributed by atoms with Gasteiger partial charge in [-0.1, -0.05) is 6.07 Å². The summed E-state index contributed by atoms with van der Waals surface area (Å²) in [7, 11) is 3.27. The Balaban J connectivity index is 1.45. The lowest BCUT2D eigenvalue weighted by molar-refractivity contribution is 0.141. The molecular formula is C23H25N3O4. The molecule has 0 spiro atoms. The SMILES string of the molecule is COc1cc2nncc(N3CCc4ccc(OC5CCOC5)cc4C3)c2cc1OC. The van der Waals surface area contributed by atoms with Crippen LogP contribution in [0.25, 0.3) is 10.9 Å². The van der Waals surface area contributed by atoms with E-state index in [1.165, 1.54) is 11.1 Å². The molecule has 0 saturated carbocycles. The van der Waals surface area contributed by atoms with Gasteiger partial charge >= 0.3 is 0 Å². The Morgan fingerprint density at radius 2 is 1.93 bits per heavy atom. The fourth-order valence-corrected chi connectivity index (χ4v) is 4.23. The highest BCUT2D eigenvalue weighted by atomic mass is 16.5. The Kier molecular flexibility index (Phi) is 5.04. The first-order valence-electron chi connectivity index (χ1n) is 10.2. The minimum absolute atomic E-state index is 0.151. The second kappa shape index (κ2) is 7.99. The number of hydrogen-bond donors (Lipinski definition) is 0. The number of rotatable bonds is 5. The molecule has 0 N–H and O–H groups in total. The van der Waals surface area contributed by atoms with Gasteiger partial charge in [0.1, 0.15) is 11.9 Å². The lowest BCUT2D eigenvalue weighted by Crippen LogP contribution is -2.30. The van der Waals surface area contributed by atoms with Crippen LogP contribution in [0.3, 0.4) is 0 Å². The first-order chi connectivity index (χ1) is 14.7. The molecule has 30 heavy (non-hydrogen) atoms. The van der Waals surface area contributed by atoms with Crippen molar-refractivity contribution in [2.24, 2.45) is 0 Å². The van der Waals surface area contributed by atoms with Crippen molar-refractivity contribution in [2.45, 2.75) is 25.5 Å². The van der Waals surface area contributed by atoms with Gasteiger partial charge < -0.3 is 23.8 Å². The average Bonchev–Trinajstić information content (AvgIpc) is 3.30. The molecule has 1 saturated heterocycles. The summed E-state index contributed by atoms with van der Waals surface area (Å²) in [5.41, 5.74) is 4.48. The third-order valence-electron chi connectivity index (χ3n) is 5.84. The standard InChI is InChI=1S/C23H25N3O4/c1-27-22-10-19-20(11-23(22)28-2)25-24-12-21(19)26-7-5-15-3-4-17(9-16(15)13-26)30-18-6-8-29-14-18/h3-4,9-12,18H,5-8,13-14H2,1-2H3. The molecule has 7 nitrogen and oxygen atoms in total. The smallest absolute Gasteiger partial charge is 0.162 e. The van der Waals surface area contributed by atoms with E-state index in [2.05, 4.69) is 33.3 Å². The van der Waals surface area contributed by atoms with Crippen LogP contribution in [0.15, 0.2) is 36.5 Å². The van der Waals surface area contributed by atoms with E-state index in [-0.39, 0.29) is 6.10 Å². The fraction of sp³-hybridized carbons (Fsp3) is 0.391. The van der Waals surface area contributed by atoms with E-state index in [0.29, 0.717) is 18.1 Å². The van der Waals surface area contributed by atoms with Gasteiger partial charge in [0.2, 0.25) is 0 Å². The van der Waals surface area contributed by atoms with Crippen molar-refractivity contribution in [3.05, 3.63) is 47.7 Å². The fourth-order valence-electron chi connectivity index (χ4n) is 4.23. The molecule has 0 radical (unpaired) electrons. The van der Waals surface area contributed by atoms with Crippen LogP contribution in [-0.4, -0.2) is 50.3 Å². The zero-order chi connectivity index (χ0) is 20.5. The highest BCUT2D eigenvalue weighted by molar-refractivity contribution is 5.93. The van der Waals surface area contributed by atoms with E-state index < -0.39 is 0 Å². The molecule has 156 valence electrons. The molecule has 1 atom stereocenters. The minimum atomic E-state index is 0.151. The molecule has 0 amide bonds. The predicted molar refractivity (Wildman–Crippen MR) is 114 cm³/mol. The minimum Gasteiger partial charge on any atom is -0.493 e. The second-order valence-electron chi connectivity index (χ2n) is 7.66. The van der Waals surface area contributed by atoms with Crippen molar-refractivity contribution in [2.75, 3.05) is 38.9 Å². The van der Waals surface area contributed by atoms with Gasteiger partial charge in [-0.2, -0.15) is 10.2 Å². The highest BCUT2D eigenvalue weighted by Crippen LogP contribution is 2.37. The molecule has 7 heteroatoms. The largest absolute Gasteiger partial charge is 0.493 e. The molecule has 2 aromatic carbocycles. The third-order valence-corrected chi connectivity index (χ3v) is 5.84. The van der Waals surface area contributed by atoms with Gasteiger partial charge in [0.25, 0.3) is 0 Å². The maximum absolute atomic E-state index is 6.11. The van der Waals surface area contributed by atoms with Crippen LogP contribution in [0.5, 0.6) is 17.2 Å². The molecule has 1 unspecified atom stereocenters. The summed E-state index contributed by atoms with van der Waals surface area (Å²) in [4.78, 5) is 2.34. The number of nitrogens with zero attached hydrogens (tertiary/aromatic N) is 3. The van der Waals surface area contributed by atoms with Crippen molar-refractivity contribution in [1.29, 1.82) is 0 Å². The Bertz CT molecular complexity index is 1070. The molecule has 3 aromatic rings. The van der Waals surface area contributed by atoms with E-state index in [0.717, 1.165) is 54.9 Å². The molecule has 0 bridgehead atoms. The Labute approximate surface area is 175 Å². The third kappa shape index (κ3) is 3.50. The molecule has 3 heterocycles. The maximum atomic E-state index is 6.11. The number of methoxy groups -OCH3 is 2. The highest BCUT2D eigenvalue weighted by Gasteiger charge is 2.22. The molecule has 2 aliphatic heterocycles. The summed E-state index contributed by atoms with van der Waals surface area (Å²) < 4.78 is 22.5. The van der Waals surface area contributed by atoms with Crippen LogP contribution in [0, 0.1) is 0 Å². The number of anilines is 1. The number of hydrogen-bond acceptors (Lipinski definition) is 7. The summed E-state index contributed by atoms with van der Waals surface area (Å²) in [6.45, 7) is 3.16. The molecular weight excluding hydrogens is 382 g/mol. The number of benzene rings is 2. The van der Waals surface area contributed by atoms with Crippen LogP contribution in [0.1, 0.15) is 17.5 Å². The van der Waals surface area contributed by atoms with Crippen molar-refractivity contribution in [3.63, 3.8) is 0 Å². The normalized spacial score (nSPS) is 18.3. The van der Waals surface area contributed by atoms with Gasteiger partial charge in [-0.05, 0) is 35.7 Å². The van der Waals surface area contributed by atoms with Crippen molar-refractivity contribution < 1.29 is 18.9 Å². The lowest BCUT2D eigenvalue weighted by Gasteiger charge is -2.31. The van der Waals surface area contributed by atoms with Gasteiger partial charge in [0.05, 0.1) is 44.8 Å². The van der Waals surface area contributed by atoms with Crippen LogP contribution in [0.2, 0.25) is 0 Å². The molecule has 2 aliphatic rings. The molecule has 0 aliphatic carbocycles.